The first kappa shape index (κ1) is 16.4. The van der Waals surface area contributed by atoms with E-state index >= 15 is 0 Å². The van der Waals surface area contributed by atoms with Crippen LogP contribution in [0.4, 0.5) is 5.82 Å². The van der Waals surface area contributed by atoms with Crippen molar-refractivity contribution < 1.29 is 14.4 Å². The molecule has 0 unspecified atom stereocenters. The number of carbonyl (C=O) groups excluding carboxylic acids is 1. The molecule has 0 saturated carbocycles. The van der Waals surface area contributed by atoms with Crippen molar-refractivity contribution >= 4 is 11.7 Å². The first-order valence-corrected chi connectivity index (χ1v) is 8.10. The highest BCUT2D eigenvalue weighted by Crippen LogP contribution is 2.26. The second-order valence-electron chi connectivity index (χ2n) is 6.28. The maximum atomic E-state index is 12.4. The highest BCUT2D eigenvalue weighted by Gasteiger charge is 2.38. The molecule has 1 amide bonds. The number of pyridine rings is 1. The first-order chi connectivity index (χ1) is 11.5. The van der Waals surface area contributed by atoms with Crippen LogP contribution in [-0.4, -0.2) is 58.3 Å². The van der Waals surface area contributed by atoms with Gasteiger partial charge in [0.25, 0.3) is 5.91 Å². The minimum absolute atomic E-state index is 0.240. The zero-order valence-corrected chi connectivity index (χ0v) is 14.0. The molecule has 1 aliphatic rings. The standard InChI is InChI=1S/C17H22N4O3/c1-3-13-10-14(19-24-13)16(22)20(2)11-17(23)7-9-21(12-17)15-6-4-5-8-18-15/h4-6,8,10,23H,3,7,9,11-12H2,1-2H3/t17-/m0/s1. The number of aryl methyl sites for hydroxylation is 1. The maximum Gasteiger partial charge on any atom is 0.275 e. The summed E-state index contributed by atoms with van der Waals surface area (Å²) in [6, 6.07) is 7.35. The van der Waals surface area contributed by atoms with Crippen molar-refractivity contribution in [1.82, 2.24) is 15.0 Å². The molecule has 2 aromatic heterocycles. The lowest BCUT2D eigenvalue weighted by atomic mass is 10.0. The van der Waals surface area contributed by atoms with E-state index in [0.717, 1.165) is 5.82 Å². The minimum atomic E-state index is -0.959. The predicted molar refractivity (Wildman–Crippen MR) is 88.9 cm³/mol. The number of aliphatic hydroxyl groups is 1. The molecule has 7 heteroatoms. The van der Waals surface area contributed by atoms with Crippen LogP contribution >= 0.6 is 0 Å². The molecule has 0 aliphatic carbocycles. The van der Waals surface area contributed by atoms with Crippen molar-refractivity contribution in [3.05, 3.63) is 41.9 Å². The van der Waals surface area contributed by atoms with Crippen LogP contribution in [0, 0.1) is 0 Å². The Kier molecular flexibility index (Phi) is 4.53. The molecule has 128 valence electrons. The number of nitrogens with zero attached hydrogens (tertiary/aromatic N) is 4. The molecule has 0 spiro atoms. The topological polar surface area (TPSA) is 82.7 Å². The Morgan fingerprint density at radius 3 is 3.00 bits per heavy atom. The van der Waals surface area contributed by atoms with Gasteiger partial charge in [0.15, 0.2) is 5.69 Å². The molecule has 0 bridgehead atoms. The lowest BCUT2D eigenvalue weighted by Gasteiger charge is -2.28. The van der Waals surface area contributed by atoms with Crippen LogP contribution in [0.5, 0.6) is 0 Å². The summed E-state index contributed by atoms with van der Waals surface area (Å²) in [5.74, 6) is 1.27. The molecule has 24 heavy (non-hydrogen) atoms. The third kappa shape index (κ3) is 3.41. The molecule has 3 heterocycles. The van der Waals surface area contributed by atoms with Crippen LogP contribution in [0.1, 0.15) is 29.6 Å². The van der Waals surface area contributed by atoms with Gasteiger partial charge in [0.2, 0.25) is 0 Å². The van der Waals surface area contributed by atoms with Crippen LogP contribution in [0.3, 0.4) is 0 Å². The average molecular weight is 330 g/mol. The molecule has 0 aromatic carbocycles. The van der Waals surface area contributed by atoms with E-state index in [1.54, 1.807) is 19.3 Å². The van der Waals surface area contributed by atoms with E-state index in [1.165, 1.54) is 4.90 Å². The zero-order valence-electron chi connectivity index (χ0n) is 14.0. The molecule has 7 nitrogen and oxygen atoms in total. The summed E-state index contributed by atoms with van der Waals surface area (Å²) in [5.41, 5.74) is -0.684. The van der Waals surface area contributed by atoms with Gasteiger partial charge >= 0.3 is 0 Å². The number of rotatable bonds is 5. The van der Waals surface area contributed by atoms with E-state index in [1.807, 2.05) is 30.0 Å². The highest BCUT2D eigenvalue weighted by molar-refractivity contribution is 5.92. The van der Waals surface area contributed by atoms with Crippen LogP contribution in [0.25, 0.3) is 0 Å². The SMILES string of the molecule is CCc1cc(C(=O)N(C)C[C@@]2(O)CCN(c3ccccn3)C2)no1. The van der Waals surface area contributed by atoms with Gasteiger partial charge in [-0.25, -0.2) is 4.98 Å². The molecule has 1 saturated heterocycles. The van der Waals surface area contributed by atoms with Gasteiger partial charge in [-0.15, -0.1) is 0 Å². The van der Waals surface area contributed by atoms with Gasteiger partial charge in [0.05, 0.1) is 6.54 Å². The molecule has 0 radical (unpaired) electrons. The van der Waals surface area contributed by atoms with Crippen molar-refractivity contribution in [2.24, 2.45) is 0 Å². The number of likely N-dealkylation sites (N-methyl/N-ethyl adjacent to an activating group) is 1. The third-order valence-corrected chi connectivity index (χ3v) is 4.31. The quantitative estimate of drug-likeness (QED) is 0.891. The fraction of sp³-hybridized carbons (Fsp3) is 0.471. The van der Waals surface area contributed by atoms with Gasteiger partial charge in [0.1, 0.15) is 17.2 Å². The molecular weight excluding hydrogens is 308 g/mol. The van der Waals surface area contributed by atoms with E-state index in [9.17, 15) is 9.90 Å². The Morgan fingerprint density at radius 2 is 2.33 bits per heavy atom. The smallest absolute Gasteiger partial charge is 0.275 e. The molecular formula is C17H22N4O3. The van der Waals surface area contributed by atoms with Crippen molar-refractivity contribution in [2.45, 2.75) is 25.4 Å². The number of hydrogen-bond acceptors (Lipinski definition) is 6. The number of aromatic nitrogens is 2. The second kappa shape index (κ2) is 6.60. The lowest BCUT2D eigenvalue weighted by molar-refractivity contribution is 0.0260. The summed E-state index contributed by atoms with van der Waals surface area (Å²) in [5, 5.41) is 14.6. The molecule has 2 aromatic rings. The Hall–Kier alpha value is -2.41. The summed E-state index contributed by atoms with van der Waals surface area (Å²) in [7, 11) is 1.67. The van der Waals surface area contributed by atoms with Gasteiger partial charge in [-0.3, -0.25) is 4.79 Å². The Morgan fingerprint density at radius 1 is 1.50 bits per heavy atom. The van der Waals surface area contributed by atoms with Crippen molar-refractivity contribution in [2.75, 3.05) is 31.6 Å². The third-order valence-electron chi connectivity index (χ3n) is 4.31. The fourth-order valence-electron chi connectivity index (χ4n) is 3.01. The number of anilines is 1. The van der Waals surface area contributed by atoms with Crippen LogP contribution < -0.4 is 4.90 Å². The number of carbonyl (C=O) groups is 1. The highest BCUT2D eigenvalue weighted by atomic mass is 16.5. The van der Waals surface area contributed by atoms with Crippen LogP contribution in [0.2, 0.25) is 0 Å². The van der Waals surface area contributed by atoms with Crippen molar-refractivity contribution in [3.63, 3.8) is 0 Å². The van der Waals surface area contributed by atoms with Crippen molar-refractivity contribution in [3.8, 4) is 0 Å². The maximum absolute atomic E-state index is 12.4. The summed E-state index contributed by atoms with van der Waals surface area (Å²) in [4.78, 5) is 20.3. The fourth-order valence-corrected chi connectivity index (χ4v) is 3.01. The monoisotopic (exact) mass is 330 g/mol. The molecule has 1 fully saturated rings. The summed E-state index contributed by atoms with van der Waals surface area (Å²) >= 11 is 0. The van der Waals surface area contributed by atoms with Gasteiger partial charge < -0.3 is 19.4 Å². The van der Waals surface area contributed by atoms with Gasteiger partial charge in [0, 0.05) is 38.8 Å². The molecule has 1 aliphatic heterocycles. The van der Waals surface area contributed by atoms with Gasteiger partial charge in [-0.05, 0) is 18.6 Å². The average Bonchev–Trinajstić information content (AvgIpc) is 3.22. The molecule has 1 atom stereocenters. The minimum Gasteiger partial charge on any atom is -0.386 e. The summed E-state index contributed by atoms with van der Waals surface area (Å²) < 4.78 is 5.08. The second-order valence-corrected chi connectivity index (χ2v) is 6.28. The van der Waals surface area contributed by atoms with E-state index in [4.69, 9.17) is 4.52 Å². The van der Waals surface area contributed by atoms with Gasteiger partial charge in [-0.2, -0.15) is 0 Å². The molecule has 3 rings (SSSR count). The predicted octanol–water partition coefficient (Wildman–Crippen LogP) is 1.35. The normalized spacial score (nSPS) is 20.4. The summed E-state index contributed by atoms with van der Waals surface area (Å²) in [6.45, 7) is 3.33. The number of β-amino-alcohol motifs (C(OH)–C–C–N with tert-alkyl or cyclic N) is 1. The zero-order chi connectivity index (χ0) is 17.2. The summed E-state index contributed by atoms with van der Waals surface area (Å²) in [6.07, 6.45) is 3.01. The van der Waals surface area contributed by atoms with E-state index < -0.39 is 5.60 Å². The lowest BCUT2D eigenvalue weighted by Crippen LogP contribution is -2.46. The van der Waals surface area contributed by atoms with Crippen LogP contribution in [-0.2, 0) is 6.42 Å². The molecule has 1 N–H and O–H groups in total. The van der Waals surface area contributed by atoms with Gasteiger partial charge in [-0.1, -0.05) is 18.1 Å². The van der Waals surface area contributed by atoms with E-state index in [-0.39, 0.29) is 18.1 Å². The van der Waals surface area contributed by atoms with Crippen LogP contribution in [0.15, 0.2) is 35.0 Å². The Labute approximate surface area is 140 Å². The first-order valence-electron chi connectivity index (χ1n) is 8.10. The van der Waals surface area contributed by atoms with Crippen molar-refractivity contribution in [1.29, 1.82) is 0 Å². The van der Waals surface area contributed by atoms with E-state index in [0.29, 0.717) is 31.7 Å². The number of hydrogen-bond donors (Lipinski definition) is 1. The Bertz CT molecular complexity index is 703. The largest absolute Gasteiger partial charge is 0.386 e. The Balaban J connectivity index is 1.63. The van der Waals surface area contributed by atoms with E-state index in [2.05, 4.69) is 10.1 Å². The number of amides is 1.